The maximum atomic E-state index is 11.0. The standard InChI is InChI=1S/C12H8Br2O3S/c13-8-1-2-9(12(15)16)10(4-8)17-5-7-3-11(14)18-6-7/h1-4,6H,5H2,(H,15,16). The number of benzene rings is 1. The lowest BCUT2D eigenvalue weighted by atomic mass is 10.2. The summed E-state index contributed by atoms with van der Waals surface area (Å²) in [7, 11) is 0. The van der Waals surface area contributed by atoms with E-state index in [-0.39, 0.29) is 5.56 Å². The normalized spacial score (nSPS) is 10.3. The Balaban J connectivity index is 2.17. The smallest absolute Gasteiger partial charge is 0.339 e. The molecule has 0 radical (unpaired) electrons. The zero-order valence-corrected chi connectivity index (χ0v) is 13.0. The number of carbonyl (C=O) groups is 1. The first-order valence-corrected chi connectivity index (χ1v) is 7.41. The summed E-state index contributed by atoms with van der Waals surface area (Å²) in [6, 6.07) is 6.80. The summed E-state index contributed by atoms with van der Waals surface area (Å²) >= 11 is 8.23. The number of hydrogen-bond donors (Lipinski definition) is 1. The van der Waals surface area contributed by atoms with E-state index < -0.39 is 5.97 Å². The Morgan fingerprint density at radius 2 is 2.11 bits per heavy atom. The Bertz CT molecular complexity index is 580. The molecular formula is C12H8Br2O3S. The van der Waals surface area contributed by atoms with Gasteiger partial charge in [-0.25, -0.2) is 4.79 Å². The molecule has 2 rings (SSSR count). The van der Waals surface area contributed by atoms with E-state index in [9.17, 15) is 4.79 Å². The van der Waals surface area contributed by atoms with Gasteiger partial charge in [-0.05, 0) is 45.6 Å². The quantitative estimate of drug-likeness (QED) is 0.831. The van der Waals surface area contributed by atoms with Crippen LogP contribution in [0.1, 0.15) is 15.9 Å². The second kappa shape index (κ2) is 5.86. The monoisotopic (exact) mass is 390 g/mol. The van der Waals surface area contributed by atoms with Gasteiger partial charge in [0.2, 0.25) is 0 Å². The lowest BCUT2D eigenvalue weighted by molar-refractivity contribution is 0.0691. The number of carboxylic acid groups (broad SMARTS) is 1. The second-order valence-corrected chi connectivity index (χ2v) is 6.70. The Kier molecular flexibility index (Phi) is 4.42. The van der Waals surface area contributed by atoms with Crippen molar-refractivity contribution in [3.63, 3.8) is 0 Å². The van der Waals surface area contributed by atoms with E-state index in [2.05, 4.69) is 31.9 Å². The van der Waals surface area contributed by atoms with Gasteiger partial charge in [0.1, 0.15) is 17.9 Å². The minimum Gasteiger partial charge on any atom is -0.488 e. The van der Waals surface area contributed by atoms with Crippen LogP contribution in [0.3, 0.4) is 0 Å². The Morgan fingerprint density at radius 1 is 1.33 bits per heavy atom. The fourth-order valence-corrected chi connectivity index (χ4v) is 2.91. The van der Waals surface area contributed by atoms with Crippen molar-refractivity contribution in [1.29, 1.82) is 0 Å². The SMILES string of the molecule is O=C(O)c1ccc(Br)cc1OCc1csc(Br)c1. The molecule has 0 aliphatic carbocycles. The third-order valence-electron chi connectivity index (χ3n) is 2.19. The number of rotatable bonds is 4. The summed E-state index contributed by atoms with van der Waals surface area (Å²) in [5, 5.41) is 11.0. The van der Waals surface area contributed by atoms with Gasteiger partial charge >= 0.3 is 5.97 Å². The molecule has 1 aromatic heterocycles. The second-order valence-electron chi connectivity index (χ2n) is 3.49. The molecule has 0 spiro atoms. The molecular weight excluding hydrogens is 384 g/mol. The zero-order chi connectivity index (χ0) is 13.1. The van der Waals surface area contributed by atoms with Gasteiger partial charge in [-0.1, -0.05) is 15.9 Å². The largest absolute Gasteiger partial charge is 0.488 e. The van der Waals surface area contributed by atoms with E-state index in [1.165, 1.54) is 6.07 Å². The van der Waals surface area contributed by atoms with Crippen molar-refractivity contribution in [3.8, 4) is 5.75 Å². The molecule has 94 valence electrons. The predicted molar refractivity (Wildman–Crippen MR) is 77.5 cm³/mol. The minimum atomic E-state index is -0.996. The van der Waals surface area contributed by atoms with Gasteiger partial charge < -0.3 is 9.84 Å². The molecule has 1 heterocycles. The van der Waals surface area contributed by atoms with E-state index in [0.717, 1.165) is 13.8 Å². The highest BCUT2D eigenvalue weighted by Gasteiger charge is 2.12. The van der Waals surface area contributed by atoms with Crippen LogP contribution in [0.2, 0.25) is 0 Å². The maximum Gasteiger partial charge on any atom is 0.339 e. The molecule has 0 bridgehead atoms. The molecule has 0 saturated carbocycles. The summed E-state index contributed by atoms with van der Waals surface area (Å²) in [5.41, 5.74) is 1.16. The minimum absolute atomic E-state index is 0.160. The number of halogens is 2. The number of thiophene rings is 1. The van der Waals surface area contributed by atoms with Crippen LogP contribution in [0.25, 0.3) is 0 Å². The molecule has 0 aliphatic rings. The third kappa shape index (κ3) is 3.34. The molecule has 18 heavy (non-hydrogen) atoms. The molecule has 2 aromatic rings. The van der Waals surface area contributed by atoms with Gasteiger partial charge in [0, 0.05) is 10.0 Å². The van der Waals surface area contributed by atoms with E-state index in [1.807, 2.05) is 11.4 Å². The van der Waals surface area contributed by atoms with Crippen LogP contribution in [0, 0.1) is 0 Å². The van der Waals surface area contributed by atoms with Gasteiger partial charge in [0.05, 0.1) is 3.79 Å². The fourth-order valence-electron chi connectivity index (χ4n) is 1.37. The van der Waals surface area contributed by atoms with E-state index in [1.54, 1.807) is 23.5 Å². The number of carboxylic acids is 1. The van der Waals surface area contributed by atoms with Gasteiger partial charge in [0.25, 0.3) is 0 Å². The molecule has 3 nitrogen and oxygen atoms in total. The first-order valence-electron chi connectivity index (χ1n) is 4.95. The predicted octanol–water partition coefficient (Wildman–Crippen LogP) is 4.55. The van der Waals surface area contributed by atoms with Crippen LogP contribution in [0.5, 0.6) is 5.75 Å². The number of aromatic carboxylic acids is 1. The van der Waals surface area contributed by atoms with E-state index in [4.69, 9.17) is 9.84 Å². The van der Waals surface area contributed by atoms with Gasteiger partial charge in [-0.15, -0.1) is 11.3 Å². The Hall–Kier alpha value is -0.850. The highest BCUT2D eigenvalue weighted by atomic mass is 79.9. The van der Waals surface area contributed by atoms with Gasteiger partial charge in [0.15, 0.2) is 0 Å². The topological polar surface area (TPSA) is 46.5 Å². The van der Waals surface area contributed by atoms with E-state index >= 15 is 0 Å². The van der Waals surface area contributed by atoms with Crippen molar-refractivity contribution >= 4 is 49.2 Å². The van der Waals surface area contributed by atoms with Crippen LogP contribution in [-0.4, -0.2) is 11.1 Å². The molecule has 1 N–H and O–H groups in total. The van der Waals surface area contributed by atoms with Gasteiger partial charge in [-0.3, -0.25) is 0 Å². The third-order valence-corrected chi connectivity index (χ3v) is 4.24. The molecule has 0 amide bonds. The van der Waals surface area contributed by atoms with Crippen LogP contribution in [-0.2, 0) is 6.61 Å². The van der Waals surface area contributed by atoms with Crippen LogP contribution < -0.4 is 4.74 Å². The summed E-state index contributed by atoms with van der Waals surface area (Å²) in [6.45, 7) is 0.346. The molecule has 0 aliphatic heterocycles. The lowest BCUT2D eigenvalue weighted by Gasteiger charge is -2.08. The first-order chi connectivity index (χ1) is 8.56. The molecule has 6 heteroatoms. The van der Waals surface area contributed by atoms with Crippen molar-refractivity contribution in [1.82, 2.24) is 0 Å². The Labute approximate surface area is 125 Å². The summed E-state index contributed by atoms with van der Waals surface area (Å²) < 4.78 is 7.36. The molecule has 0 unspecified atom stereocenters. The molecule has 0 saturated heterocycles. The van der Waals surface area contributed by atoms with Crippen LogP contribution in [0.15, 0.2) is 37.9 Å². The zero-order valence-electron chi connectivity index (χ0n) is 9.02. The molecule has 0 atom stereocenters. The van der Waals surface area contributed by atoms with E-state index in [0.29, 0.717) is 12.4 Å². The van der Waals surface area contributed by atoms with Crippen molar-refractivity contribution in [2.45, 2.75) is 6.61 Å². The van der Waals surface area contributed by atoms with Crippen molar-refractivity contribution in [2.75, 3.05) is 0 Å². The summed E-state index contributed by atoms with van der Waals surface area (Å²) in [6.07, 6.45) is 0. The summed E-state index contributed by atoms with van der Waals surface area (Å²) in [4.78, 5) is 11.0. The highest BCUT2D eigenvalue weighted by Crippen LogP contribution is 2.26. The van der Waals surface area contributed by atoms with Crippen LogP contribution >= 0.6 is 43.2 Å². The molecule has 1 aromatic carbocycles. The molecule has 0 fully saturated rings. The average Bonchev–Trinajstić information content (AvgIpc) is 2.72. The van der Waals surface area contributed by atoms with Gasteiger partial charge in [-0.2, -0.15) is 0 Å². The summed E-state index contributed by atoms with van der Waals surface area (Å²) in [5.74, 6) is -0.636. The lowest BCUT2D eigenvalue weighted by Crippen LogP contribution is -2.02. The van der Waals surface area contributed by atoms with Crippen molar-refractivity contribution < 1.29 is 14.6 Å². The highest BCUT2D eigenvalue weighted by molar-refractivity contribution is 9.11. The van der Waals surface area contributed by atoms with Crippen molar-refractivity contribution in [2.24, 2.45) is 0 Å². The first kappa shape index (κ1) is 13.6. The fraction of sp³-hybridized carbons (Fsp3) is 0.0833. The maximum absolute atomic E-state index is 11.0. The van der Waals surface area contributed by atoms with Crippen molar-refractivity contribution in [3.05, 3.63) is 49.0 Å². The van der Waals surface area contributed by atoms with Crippen LogP contribution in [0.4, 0.5) is 0 Å². The average molecular weight is 392 g/mol. The number of ether oxygens (including phenoxy) is 1. The number of hydrogen-bond acceptors (Lipinski definition) is 3. The Morgan fingerprint density at radius 3 is 2.72 bits per heavy atom.